The monoisotopic (exact) mass is 947 g/mol. The summed E-state index contributed by atoms with van der Waals surface area (Å²) >= 11 is 1.87. The first kappa shape index (κ1) is 40.5. The summed E-state index contributed by atoms with van der Waals surface area (Å²) in [6.45, 7) is 12.1. The Kier molecular flexibility index (Phi) is 12.6. The number of rotatable bonds is 8. The van der Waals surface area contributed by atoms with Crippen molar-refractivity contribution < 1.29 is 20.1 Å². The fraction of sp³-hybridized carbons (Fsp3) is 0.333. The van der Waals surface area contributed by atoms with Gasteiger partial charge in [-0.05, 0) is 85.9 Å². The molecule has 9 rings (SSSR count). The van der Waals surface area contributed by atoms with Gasteiger partial charge in [-0.3, -0.25) is 0 Å². The van der Waals surface area contributed by atoms with Gasteiger partial charge in [0.1, 0.15) is 0 Å². The van der Waals surface area contributed by atoms with Gasteiger partial charge >= 0.3 is 0 Å². The average molecular weight is 947 g/mol. The van der Waals surface area contributed by atoms with Crippen molar-refractivity contribution >= 4 is 44.8 Å². The first-order chi connectivity index (χ1) is 26.7. The topological polar surface area (TPSA) is 25.8 Å². The minimum absolute atomic E-state index is 0. The van der Waals surface area contributed by atoms with Crippen LogP contribution in [0.15, 0.2) is 116 Å². The smallest absolute Gasteiger partial charge is 0.0798 e. The Hall–Kier alpha value is -3.73. The third kappa shape index (κ3) is 8.58. The minimum Gasteiger partial charge on any atom is -0.305 e. The fourth-order valence-corrected chi connectivity index (χ4v) is 12.1. The van der Waals surface area contributed by atoms with Crippen LogP contribution in [-0.4, -0.2) is 18.0 Å². The van der Waals surface area contributed by atoms with Crippen LogP contribution in [0.2, 0.25) is 19.6 Å². The van der Waals surface area contributed by atoms with Gasteiger partial charge in [-0.25, -0.2) is 0 Å². The van der Waals surface area contributed by atoms with Gasteiger partial charge in [-0.2, -0.15) is 11.3 Å². The maximum Gasteiger partial charge on any atom is 0.0798 e. The molecule has 3 aromatic heterocycles. The summed E-state index contributed by atoms with van der Waals surface area (Å²) in [6.07, 6.45) is 16.4. The summed E-state index contributed by atoms with van der Waals surface area (Å²) < 4.78 is 2.61. The SMILES string of the molecule is CC(C)(c1ccnc(-c2[c-]ccc3c2sc2c(-c4ccccc4)cccc23)c1)C1CCCC1.C[Si](C)(C)c1cnc(-c2[c-]cccc2)cc1CC1CCCC1.[Ir]. The molecule has 0 aliphatic heterocycles. The van der Waals surface area contributed by atoms with Gasteiger partial charge < -0.3 is 9.97 Å². The molecule has 0 bridgehead atoms. The van der Waals surface area contributed by atoms with Gasteiger partial charge in [0.05, 0.1) is 8.07 Å². The molecule has 0 amide bonds. The molecular formula is C51H54IrN2SSi-2. The van der Waals surface area contributed by atoms with Crippen LogP contribution in [0.4, 0.5) is 0 Å². The van der Waals surface area contributed by atoms with Gasteiger partial charge in [-0.1, -0.05) is 144 Å². The maximum atomic E-state index is 4.83. The Bertz CT molecular complexity index is 2380. The van der Waals surface area contributed by atoms with Crippen molar-refractivity contribution in [2.45, 2.75) is 96.7 Å². The van der Waals surface area contributed by atoms with Crippen molar-refractivity contribution in [3.8, 4) is 33.6 Å². The number of thiophene rings is 1. The van der Waals surface area contributed by atoms with E-state index in [9.17, 15) is 0 Å². The summed E-state index contributed by atoms with van der Waals surface area (Å²) in [5, 5.41) is 4.15. The number of fused-ring (bicyclic) bond motifs is 3. The van der Waals surface area contributed by atoms with E-state index < -0.39 is 8.07 Å². The zero-order valence-corrected chi connectivity index (χ0v) is 37.8. The van der Waals surface area contributed by atoms with Crippen molar-refractivity contribution in [1.29, 1.82) is 0 Å². The quantitative estimate of drug-likeness (QED) is 0.112. The Morgan fingerprint density at radius 3 is 2.18 bits per heavy atom. The van der Waals surface area contributed by atoms with E-state index in [2.05, 4.69) is 143 Å². The molecule has 3 heterocycles. The average Bonchev–Trinajstić information content (AvgIpc) is 4.01. The molecule has 4 aromatic carbocycles. The second-order valence-electron chi connectivity index (χ2n) is 17.5. The zero-order chi connectivity index (χ0) is 38.0. The summed E-state index contributed by atoms with van der Waals surface area (Å²) in [5.74, 6) is 1.63. The molecular weight excluding hydrogens is 893 g/mol. The predicted octanol–water partition coefficient (Wildman–Crippen LogP) is 13.9. The van der Waals surface area contributed by atoms with E-state index in [1.165, 1.54) is 94.7 Å². The van der Waals surface area contributed by atoms with E-state index in [0.29, 0.717) is 0 Å². The van der Waals surface area contributed by atoms with E-state index >= 15 is 0 Å². The molecule has 0 spiro atoms. The molecule has 0 atom stereocenters. The predicted molar refractivity (Wildman–Crippen MR) is 239 cm³/mol. The zero-order valence-electron chi connectivity index (χ0n) is 33.6. The molecule has 2 fully saturated rings. The van der Waals surface area contributed by atoms with Crippen molar-refractivity contribution in [2.75, 3.05) is 0 Å². The van der Waals surface area contributed by atoms with Crippen molar-refractivity contribution in [3.63, 3.8) is 0 Å². The number of hydrogen-bond donors (Lipinski definition) is 0. The molecule has 56 heavy (non-hydrogen) atoms. The van der Waals surface area contributed by atoms with Crippen LogP contribution < -0.4 is 5.19 Å². The van der Waals surface area contributed by atoms with Crippen molar-refractivity contribution in [1.82, 2.24) is 9.97 Å². The van der Waals surface area contributed by atoms with Crippen LogP contribution in [0, 0.1) is 24.0 Å². The normalized spacial score (nSPS) is 15.2. The molecule has 2 aliphatic rings. The van der Waals surface area contributed by atoms with E-state index in [-0.39, 0.29) is 25.5 Å². The number of pyridine rings is 2. The Labute approximate surface area is 353 Å². The summed E-state index contributed by atoms with van der Waals surface area (Å²) in [7, 11) is -1.35. The van der Waals surface area contributed by atoms with E-state index in [1.807, 2.05) is 29.7 Å². The summed E-state index contributed by atoms with van der Waals surface area (Å²) in [6, 6.07) is 43.5. The second-order valence-corrected chi connectivity index (χ2v) is 23.5. The Balaban J connectivity index is 0.000000183. The molecule has 0 saturated heterocycles. The van der Waals surface area contributed by atoms with Gasteiger partial charge in [0.2, 0.25) is 0 Å². The van der Waals surface area contributed by atoms with Crippen LogP contribution in [-0.2, 0) is 31.9 Å². The third-order valence-corrected chi connectivity index (χ3v) is 15.8. The second kappa shape index (κ2) is 17.4. The molecule has 2 saturated carbocycles. The number of aromatic nitrogens is 2. The molecule has 0 N–H and O–H groups in total. The first-order valence-electron chi connectivity index (χ1n) is 20.5. The molecule has 0 unspecified atom stereocenters. The molecule has 5 heteroatoms. The molecule has 2 aliphatic carbocycles. The van der Waals surface area contributed by atoms with Crippen LogP contribution in [0.3, 0.4) is 0 Å². The van der Waals surface area contributed by atoms with Gasteiger partial charge in [0, 0.05) is 37.2 Å². The van der Waals surface area contributed by atoms with Gasteiger partial charge in [0.25, 0.3) is 0 Å². The van der Waals surface area contributed by atoms with Gasteiger partial charge in [-0.15, -0.1) is 59.7 Å². The molecule has 1 radical (unpaired) electrons. The number of hydrogen-bond acceptors (Lipinski definition) is 3. The summed E-state index contributed by atoms with van der Waals surface area (Å²) in [5.41, 5.74) is 10.0. The maximum absolute atomic E-state index is 4.83. The van der Waals surface area contributed by atoms with Crippen LogP contribution >= 0.6 is 11.3 Å². The third-order valence-electron chi connectivity index (χ3n) is 12.4. The van der Waals surface area contributed by atoms with Crippen molar-refractivity contribution in [3.05, 3.63) is 139 Å². The van der Waals surface area contributed by atoms with Gasteiger partial charge in [0.15, 0.2) is 0 Å². The first-order valence-corrected chi connectivity index (χ1v) is 24.8. The summed E-state index contributed by atoms with van der Waals surface area (Å²) in [4.78, 5) is 9.58. The van der Waals surface area contributed by atoms with Crippen LogP contribution in [0.5, 0.6) is 0 Å². The van der Waals surface area contributed by atoms with E-state index in [0.717, 1.165) is 34.4 Å². The van der Waals surface area contributed by atoms with Crippen LogP contribution in [0.1, 0.15) is 76.3 Å². The largest absolute Gasteiger partial charge is 0.305 e. The molecule has 289 valence electrons. The molecule has 2 nitrogen and oxygen atoms in total. The Morgan fingerprint density at radius 1 is 0.714 bits per heavy atom. The fourth-order valence-electron chi connectivity index (χ4n) is 9.22. The molecule has 7 aromatic rings. The van der Waals surface area contributed by atoms with E-state index in [1.54, 1.807) is 10.8 Å². The van der Waals surface area contributed by atoms with Crippen molar-refractivity contribution in [2.24, 2.45) is 11.8 Å². The number of benzene rings is 4. The van der Waals surface area contributed by atoms with E-state index in [4.69, 9.17) is 9.97 Å². The minimum atomic E-state index is -1.35. The number of nitrogens with zero attached hydrogens (tertiary/aromatic N) is 2. The standard InChI is InChI=1S/C31H28NS.C20H26NSi.Ir/c1-31(2,22-12-6-7-13-22)23-18-19-32-28(20-23)27-17-9-16-26-25-15-8-14-24(29(25)33-30(26)27)21-10-4-3-5-11-21;1-22(2,3)20-15-21-19(17-11-5-4-6-12-17)14-18(20)13-16-9-7-8-10-16;/h3-5,8-11,14-16,18-20,22H,6-7,12-13H2,1-2H3;4-6,11,14-16H,7-10,13H2,1-3H3;/q2*-1;. The van der Waals surface area contributed by atoms with Crippen LogP contribution in [0.25, 0.3) is 53.8 Å². The Morgan fingerprint density at radius 2 is 1.45 bits per heavy atom.